The number of rotatable bonds is 6. The molecule has 2 rings (SSSR count). The maximum atomic E-state index is 12.0. The van der Waals surface area contributed by atoms with E-state index in [-0.39, 0.29) is 25.1 Å². The van der Waals surface area contributed by atoms with Crippen molar-refractivity contribution in [2.24, 2.45) is 5.16 Å². The second-order valence-corrected chi connectivity index (χ2v) is 4.44. The van der Waals surface area contributed by atoms with E-state index in [1.807, 2.05) is 0 Å². The number of hydrogen-bond acceptors (Lipinski definition) is 5. The number of nitro benzene ring substituents is 1. The van der Waals surface area contributed by atoms with Crippen LogP contribution in [-0.2, 0) is 9.63 Å². The van der Waals surface area contributed by atoms with Crippen LogP contribution in [0.25, 0.3) is 0 Å². The summed E-state index contributed by atoms with van der Waals surface area (Å²) < 4.78 is 12.0. The van der Waals surface area contributed by atoms with Crippen molar-refractivity contribution in [1.82, 2.24) is 5.32 Å². The zero-order valence-corrected chi connectivity index (χ0v) is 11.1. The van der Waals surface area contributed by atoms with Crippen LogP contribution in [0.4, 0.5) is 10.1 Å². The highest BCUT2D eigenvalue weighted by atomic mass is 19.1. The molecule has 21 heavy (non-hydrogen) atoms. The number of carbonyl (C=O) groups excluding carboxylic acids is 1. The third-order valence-electron chi connectivity index (χ3n) is 2.98. The Kier molecular flexibility index (Phi) is 4.81. The lowest BCUT2D eigenvalue weighted by molar-refractivity contribution is -0.385. The molecular formula is C13H14FN3O4. The van der Waals surface area contributed by atoms with Crippen LogP contribution in [0.1, 0.15) is 18.4 Å². The first-order valence-corrected chi connectivity index (χ1v) is 6.43. The average molecular weight is 295 g/mol. The van der Waals surface area contributed by atoms with E-state index >= 15 is 0 Å². The Bertz CT molecular complexity index is 576. The molecule has 0 spiro atoms. The fraction of sp³-hybridized carbons (Fsp3) is 0.385. The Balaban J connectivity index is 2.02. The number of amides is 1. The highest BCUT2D eigenvalue weighted by molar-refractivity contribution is 6.06. The summed E-state index contributed by atoms with van der Waals surface area (Å²) in [4.78, 5) is 27.2. The van der Waals surface area contributed by atoms with E-state index in [0.717, 1.165) is 0 Å². The van der Waals surface area contributed by atoms with Crippen LogP contribution < -0.4 is 5.32 Å². The summed E-state index contributed by atoms with van der Waals surface area (Å²) in [6, 6.07) is 6.13. The Labute approximate surface area is 119 Å². The Morgan fingerprint density at radius 3 is 3.00 bits per heavy atom. The minimum Gasteiger partial charge on any atom is -0.382 e. The van der Waals surface area contributed by atoms with E-state index in [1.165, 1.54) is 6.07 Å². The number of para-hydroxylation sites is 1. The summed E-state index contributed by atoms with van der Waals surface area (Å²) in [7, 11) is 0. The standard InChI is InChI=1S/C13H14FN3O4/c14-6-3-7-15-13(18)12-8-10(16-21-12)9-4-1-2-5-11(9)17(19)20/h1-2,4-5,12H,3,6-8H2,(H,15,18)/t12-/m1/s1. The lowest BCUT2D eigenvalue weighted by Gasteiger charge is -2.08. The molecule has 1 atom stereocenters. The number of oxime groups is 1. The van der Waals surface area contributed by atoms with Gasteiger partial charge in [-0.2, -0.15) is 0 Å². The third-order valence-corrected chi connectivity index (χ3v) is 2.98. The second-order valence-electron chi connectivity index (χ2n) is 4.44. The van der Waals surface area contributed by atoms with E-state index in [9.17, 15) is 19.3 Å². The van der Waals surface area contributed by atoms with Gasteiger partial charge in [0, 0.05) is 19.0 Å². The molecular weight excluding hydrogens is 281 g/mol. The maximum absolute atomic E-state index is 12.0. The molecule has 8 heteroatoms. The minimum atomic E-state index is -0.834. The van der Waals surface area contributed by atoms with Gasteiger partial charge in [0.05, 0.1) is 22.9 Å². The SMILES string of the molecule is O=C(NCCCF)[C@H]1CC(c2ccccc2[N+](=O)[O-])=NO1. The maximum Gasteiger partial charge on any atom is 0.278 e. The van der Waals surface area contributed by atoms with Crippen molar-refractivity contribution < 1.29 is 18.9 Å². The summed E-state index contributed by atoms with van der Waals surface area (Å²) in [5.41, 5.74) is 0.604. The first kappa shape index (κ1) is 14.9. The summed E-state index contributed by atoms with van der Waals surface area (Å²) in [5.74, 6) is -0.402. The molecule has 0 saturated carbocycles. The van der Waals surface area contributed by atoms with Gasteiger partial charge in [-0.05, 0) is 12.5 Å². The first-order valence-electron chi connectivity index (χ1n) is 6.43. The fourth-order valence-corrected chi connectivity index (χ4v) is 1.95. The van der Waals surface area contributed by atoms with Crippen molar-refractivity contribution in [3.8, 4) is 0 Å². The molecule has 0 aliphatic carbocycles. The van der Waals surface area contributed by atoms with Gasteiger partial charge >= 0.3 is 0 Å². The lowest BCUT2D eigenvalue weighted by atomic mass is 10.0. The number of carbonyl (C=O) groups is 1. The number of hydrogen-bond donors (Lipinski definition) is 1. The number of nitrogens with zero attached hydrogens (tertiary/aromatic N) is 2. The molecule has 0 saturated heterocycles. The molecule has 0 radical (unpaired) electrons. The zero-order valence-electron chi connectivity index (χ0n) is 11.1. The molecule has 0 bridgehead atoms. The lowest BCUT2D eigenvalue weighted by Crippen LogP contribution is -2.35. The van der Waals surface area contributed by atoms with Crippen LogP contribution in [-0.4, -0.2) is 35.9 Å². The number of nitrogens with one attached hydrogen (secondary N) is 1. The zero-order chi connectivity index (χ0) is 15.2. The molecule has 112 valence electrons. The highest BCUT2D eigenvalue weighted by Gasteiger charge is 2.31. The molecule has 0 aromatic heterocycles. The molecule has 1 amide bonds. The van der Waals surface area contributed by atoms with Gasteiger partial charge in [0.2, 0.25) is 6.10 Å². The van der Waals surface area contributed by atoms with Gasteiger partial charge in [0.1, 0.15) is 0 Å². The molecule has 1 aromatic rings. The van der Waals surface area contributed by atoms with Crippen LogP contribution in [0.5, 0.6) is 0 Å². The molecule has 0 fully saturated rings. The molecule has 0 unspecified atom stereocenters. The molecule has 1 N–H and O–H groups in total. The number of benzene rings is 1. The van der Waals surface area contributed by atoms with Gasteiger partial charge in [0.25, 0.3) is 11.6 Å². The van der Waals surface area contributed by atoms with Crippen molar-refractivity contribution in [2.45, 2.75) is 18.9 Å². The summed E-state index contributed by atoms with van der Waals surface area (Å²) in [6.07, 6.45) is -0.456. The molecule has 1 aliphatic heterocycles. The van der Waals surface area contributed by atoms with Gasteiger partial charge in [-0.1, -0.05) is 17.3 Å². The van der Waals surface area contributed by atoms with E-state index < -0.39 is 23.6 Å². The minimum absolute atomic E-state index is 0.0849. The van der Waals surface area contributed by atoms with Crippen LogP contribution in [0.15, 0.2) is 29.4 Å². The Morgan fingerprint density at radius 2 is 2.29 bits per heavy atom. The fourth-order valence-electron chi connectivity index (χ4n) is 1.95. The van der Waals surface area contributed by atoms with Crippen LogP contribution in [0, 0.1) is 10.1 Å². The number of alkyl halides is 1. The average Bonchev–Trinajstić information content (AvgIpc) is 2.97. The summed E-state index contributed by atoms with van der Waals surface area (Å²) in [6.45, 7) is -0.292. The van der Waals surface area contributed by atoms with Crippen molar-refractivity contribution >= 4 is 17.3 Å². The quantitative estimate of drug-likeness (QED) is 0.489. The van der Waals surface area contributed by atoms with Crippen molar-refractivity contribution in [3.05, 3.63) is 39.9 Å². The van der Waals surface area contributed by atoms with Gasteiger partial charge in [-0.15, -0.1) is 0 Å². The first-order chi connectivity index (χ1) is 10.1. The molecule has 1 heterocycles. The normalized spacial score (nSPS) is 17.0. The predicted octanol–water partition coefficient (Wildman–Crippen LogP) is 1.56. The van der Waals surface area contributed by atoms with E-state index in [4.69, 9.17) is 4.84 Å². The molecule has 1 aromatic carbocycles. The van der Waals surface area contributed by atoms with Crippen LogP contribution in [0.2, 0.25) is 0 Å². The Morgan fingerprint density at radius 1 is 1.52 bits per heavy atom. The second kappa shape index (κ2) is 6.78. The summed E-state index contributed by atoms with van der Waals surface area (Å²) in [5, 5.41) is 17.2. The predicted molar refractivity (Wildman–Crippen MR) is 72.7 cm³/mol. The van der Waals surface area contributed by atoms with Crippen LogP contribution in [0.3, 0.4) is 0 Å². The topological polar surface area (TPSA) is 93.8 Å². The van der Waals surface area contributed by atoms with E-state index in [2.05, 4.69) is 10.5 Å². The Hall–Kier alpha value is -2.51. The van der Waals surface area contributed by atoms with E-state index in [1.54, 1.807) is 18.2 Å². The smallest absolute Gasteiger partial charge is 0.278 e. The number of halogens is 1. The molecule has 1 aliphatic rings. The highest BCUT2D eigenvalue weighted by Crippen LogP contribution is 2.24. The summed E-state index contributed by atoms with van der Waals surface area (Å²) >= 11 is 0. The van der Waals surface area contributed by atoms with Crippen molar-refractivity contribution in [1.29, 1.82) is 0 Å². The van der Waals surface area contributed by atoms with Gasteiger partial charge in [-0.25, -0.2) is 0 Å². The largest absolute Gasteiger partial charge is 0.382 e. The van der Waals surface area contributed by atoms with Crippen molar-refractivity contribution in [2.75, 3.05) is 13.2 Å². The van der Waals surface area contributed by atoms with Gasteiger partial charge in [-0.3, -0.25) is 19.3 Å². The number of nitro groups is 1. The van der Waals surface area contributed by atoms with E-state index in [0.29, 0.717) is 11.3 Å². The van der Waals surface area contributed by atoms with Gasteiger partial charge < -0.3 is 10.2 Å². The monoisotopic (exact) mass is 295 g/mol. The third kappa shape index (κ3) is 3.53. The van der Waals surface area contributed by atoms with Gasteiger partial charge in [0.15, 0.2) is 0 Å². The molecule has 7 nitrogen and oxygen atoms in total. The van der Waals surface area contributed by atoms with Crippen molar-refractivity contribution in [3.63, 3.8) is 0 Å². The van der Waals surface area contributed by atoms with Crippen LogP contribution >= 0.6 is 0 Å².